The van der Waals surface area contributed by atoms with E-state index in [4.69, 9.17) is 0 Å². The van der Waals surface area contributed by atoms with Crippen LogP contribution >= 0.6 is 0 Å². The Morgan fingerprint density at radius 2 is 1.74 bits per heavy atom. The number of hydrogen-bond donors (Lipinski definition) is 1. The topological polar surface area (TPSA) is 59.3 Å². The number of rotatable bonds is 5. The minimum Gasteiger partial charge on any atom is -0.342 e. The molecule has 4 aromatic rings. The van der Waals surface area contributed by atoms with Crippen molar-refractivity contribution in [3.8, 4) is 0 Å². The van der Waals surface area contributed by atoms with Crippen LogP contribution in [0.1, 0.15) is 21.5 Å². The van der Waals surface area contributed by atoms with Crippen molar-refractivity contribution in [1.29, 1.82) is 0 Å². The van der Waals surface area contributed by atoms with E-state index in [1.54, 1.807) is 30.7 Å². The van der Waals surface area contributed by atoms with E-state index in [2.05, 4.69) is 50.5 Å². The van der Waals surface area contributed by atoms with E-state index in [0.29, 0.717) is 5.56 Å². The molecule has 5 heteroatoms. The van der Waals surface area contributed by atoms with Crippen molar-refractivity contribution in [1.82, 2.24) is 15.0 Å². The number of hydrogen-bond acceptors (Lipinski definition) is 3. The third-order valence-corrected chi connectivity index (χ3v) is 4.33. The van der Waals surface area contributed by atoms with Gasteiger partial charge in [0, 0.05) is 47.2 Å². The van der Waals surface area contributed by atoms with Gasteiger partial charge in [-0.05, 0) is 23.8 Å². The number of nitrogens with one attached hydrogen (secondary N) is 1. The normalized spacial score (nSPS) is 11.1. The van der Waals surface area contributed by atoms with Crippen molar-refractivity contribution in [3.63, 3.8) is 0 Å². The number of carbonyl (C=O) groups excluding carboxylic acids is 1. The maximum Gasteiger partial charge on any atom is 0.271 e. The van der Waals surface area contributed by atoms with Gasteiger partial charge in [-0.1, -0.05) is 48.5 Å². The van der Waals surface area contributed by atoms with Crippen LogP contribution in [-0.4, -0.2) is 21.7 Å². The molecule has 0 unspecified atom stereocenters. The molecule has 0 saturated heterocycles. The maximum atomic E-state index is 12.1. The number of fused-ring (bicyclic) bond motifs is 1. The highest BCUT2D eigenvalue weighted by atomic mass is 16.2. The van der Waals surface area contributed by atoms with Crippen LogP contribution in [0.3, 0.4) is 0 Å². The molecule has 0 bridgehead atoms. The Balaban J connectivity index is 1.57. The summed E-state index contributed by atoms with van der Waals surface area (Å²) >= 11 is 0. The molecule has 0 aliphatic carbocycles. The molecule has 0 atom stereocenters. The van der Waals surface area contributed by atoms with E-state index in [9.17, 15) is 4.79 Å². The monoisotopic (exact) mass is 354 g/mol. The average molecular weight is 354 g/mol. The van der Waals surface area contributed by atoms with Gasteiger partial charge in [0.1, 0.15) is 0 Å². The molecular weight excluding hydrogens is 336 g/mol. The van der Waals surface area contributed by atoms with Crippen LogP contribution in [0.15, 0.2) is 90.4 Å². The SMILES string of the molecule is O=C(NN=Cc1cn(Cc2ccccc2)c2ccccc12)c1ccncc1. The largest absolute Gasteiger partial charge is 0.342 e. The molecule has 0 aliphatic rings. The molecule has 0 radical (unpaired) electrons. The minimum atomic E-state index is -0.262. The summed E-state index contributed by atoms with van der Waals surface area (Å²) in [6.45, 7) is 0.776. The molecule has 4 rings (SSSR count). The van der Waals surface area contributed by atoms with E-state index in [0.717, 1.165) is 23.0 Å². The zero-order valence-corrected chi connectivity index (χ0v) is 14.6. The van der Waals surface area contributed by atoms with Crippen LogP contribution in [0.5, 0.6) is 0 Å². The predicted octanol–water partition coefficient (Wildman–Crippen LogP) is 3.85. The van der Waals surface area contributed by atoms with Gasteiger partial charge in [0.25, 0.3) is 5.91 Å². The summed E-state index contributed by atoms with van der Waals surface area (Å²) in [4.78, 5) is 16.0. The van der Waals surface area contributed by atoms with Crippen LogP contribution < -0.4 is 5.43 Å². The van der Waals surface area contributed by atoms with Crippen LogP contribution in [-0.2, 0) is 6.54 Å². The van der Waals surface area contributed by atoms with Crippen LogP contribution in [0.25, 0.3) is 10.9 Å². The second kappa shape index (κ2) is 7.66. The number of pyridine rings is 1. The van der Waals surface area contributed by atoms with E-state index >= 15 is 0 Å². The number of nitrogens with zero attached hydrogens (tertiary/aromatic N) is 3. The molecule has 2 aromatic heterocycles. The Kier molecular flexibility index (Phi) is 4.74. The second-order valence-corrected chi connectivity index (χ2v) is 6.15. The molecule has 2 aromatic carbocycles. The highest BCUT2D eigenvalue weighted by molar-refractivity contribution is 6.00. The molecule has 0 aliphatic heterocycles. The number of benzene rings is 2. The van der Waals surface area contributed by atoms with Crippen molar-refractivity contribution < 1.29 is 4.79 Å². The van der Waals surface area contributed by atoms with Gasteiger partial charge in [0.05, 0.1) is 6.21 Å². The van der Waals surface area contributed by atoms with Gasteiger partial charge in [0.15, 0.2) is 0 Å². The highest BCUT2D eigenvalue weighted by Gasteiger charge is 2.07. The number of hydrazone groups is 1. The fourth-order valence-corrected chi connectivity index (χ4v) is 3.02. The Bertz CT molecular complexity index is 1090. The summed E-state index contributed by atoms with van der Waals surface area (Å²) in [5.74, 6) is -0.262. The number of para-hydroxylation sites is 1. The van der Waals surface area contributed by atoms with Gasteiger partial charge in [0.2, 0.25) is 0 Å². The zero-order chi connectivity index (χ0) is 18.5. The summed E-state index contributed by atoms with van der Waals surface area (Å²) in [5.41, 5.74) is 6.40. The fourth-order valence-electron chi connectivity index (χ4n) is 3.02. The molecule has 2 heterocycles. The lowest BCUT2D eigenvalue weighted by molar-refractivity contribution is 0.0955. The molecule has 0 fully saturated rings. The average Bonchev–Trinajstić information content (AvgIpc) is 3.07. The second-order valence-electron chi connectivity index (χ2n) is 6.15. The van der Waals surface area contributed by atoms with Gasteiger partial charge in [-0.25, -0.2) is 5.43 Å². The summed E-state index contributed by atoms with van der Waals surface area (Å²) < 4.78 is 2.19. The minimum absolute atomic E-state index is 0.262. The first-order valence-corrected chi connectivity index (χ1v) is 8.66. The molecule has 132 valence electrons. The quantitative estimate of drug-likeness (QED) is 0.437. The first-order chi connectivity index (χ1) is 13.3. The van der Waals surface area contributed by atoms with E-state index in [1.165, 1.54) is 5.56 Å². The van der Waals surface area contributed by atoms with Crippen LogP contribution in [0.2, 0.25) is 0 Å². The van der Waals surface area contributed by atoms with Crippen molar-refractivity contribution in [2.75, 3.05) is 0 Å². The van der Waals surface area contributed by atoms with Gasteiger partial charge in [-0.2, -0.15) is 5.10 Å². The summed E-state index contributed by atoms with van der Waals surface area (Å²) in [6, 6.07) is 21.8. The molecule has 0 spiro atoms. The number of amides is 1. The third kappa shape index (κ3) is 3.77. The molecular formula is C22H18N4O. The summed E-state index contributed by atoms with van der Waals surface area (Å²) in [5, 5.41) is 5.22. The Morgan fingerprint density at radius 1 is 1.00 bits per heavy atom. The van der Waals surface area contributed by atoms with Crippen molar-refractivity contribution in [3.05, 3.63) is 102 Å². The lowest BCUT2D eigenvalue weighted by Crippen LogP contribution is -2.17. The summed E-state index contributed by atoms with van der Waals surface area (Å²) in [7, 11) is 0. The van der Waals surface area contributed by atoms with E-state index < -0.39 is 0 Å². The Hall–Kier alpha value is -3.73. The molecule has 5 nitrogen and oxygen atoms in total. The van der Waals surface area contributed by atoms with Crippen LogP contribution in [0.4, 0.5) is 0 Å². The van der Waals surface area contributed by atoms with Crippen molar-refractivity contribution in [2.24, 2.45) is 5.10 Å². The Labute approximate surface area is 157 Å². The molecule has 1 amide bonds. The molecule has 0 saturated carbocycles. The van der Waals surface area contributed by atoms with E-state index in [-0.39, 0.29) is 5.91 Å². The summed E-state index contributed by atoms with van der Waals surface area (Å²) in [6.07, 6.45) is 6.90. The lowest BCUT2D eigenvalue weighted by Gasteiger charge is -2.05. The zero-order valence-electron chi connectivity index (χ0n) is 14.6. The molecule has 27 heavy (non-hydrogen) atoms. The van der Waals surface area contributed by atoms with Gasteiger partial charge < -0.3 is 4.57 Å². The van der Waals surface area contributed by atoms with Gasteiger partial charge >= 0.3 is 0 Å². The predicted molar refractivity (Wildman–Crippen MR) is 107 cm³/mol. The molecule has 1 N–H and O–H groups in total. The van der Waals surface area contributed by atoms with E-state index in [1.807, 2.05) is 30.3 Å². The number of carbonyl (C=O) groups is 1. The van der Waals surface area contributed by atoms with Crippen molar-refractivity contribution in [2.45, 2.75) is 6.54 Å². The van der Waals surface area contributed by atoms with Crippen LogP contribution in [0, 0.1) is 0 Å². The fraction of sp³-hybridized carbons (Fsp3) is 0.0455. The maximum absolute atomic E-state index is 12.1. The van der Waals surface area contributed by atoms with Gasteiger partial charge in [-0.15, -0.1) is 0 Å². The first-order valence-electron chi connectivity index (χ1n) is 8.66. The smallest absolute Gasteiger partial charge is 0.271 e. The van der Waals surface area contributed by atoms with Crippen molar-refractivity contribution >= 4 is 23.0 Å². The first kappa shape index (κ1) is 16.7. The number of aromatic nitrogens is 2. The lowest BCUT2D eigenvalue weighted by atomic mass is 10.2. The standard InChI is InChI=1S/C22H18N4O/c27-22(18-10-12-23-13-11-18)25-24-14-19-16-26(15-17-6-2-1-3-7-17)21-9-5-4-8-20(19)21/h1-14,16H,15H2,(H,25,27). The third-order valence-electron chi connectivity index (χ3n) is 4.33. The highest BCUT2D eigenvalue weighted by Crippen LogP contribution is 2.21. The Morgan fingerprint density at radius 3 is 2.56 bits per heavy atom. The van der Waals surface area contributed by atoms with Gasteiger partial charge in [-0.3, -0.25) is 9.78 Å².